The molecule has 1 fully saturated rings. The van der Waals surface area contributed by atoms with Crippen LogP contribution >= 0.6 is 11.3 Å². The normalized spacial score (nSPS) is 15.3. The molecule has 10 heteroatoms. The van der Waals surface area contributed by atoms with Crippen molar-refractivity contribution < 1.29 is 17.7 Å². The molecule has 1 aliphatic heterocycles. The van der Waals surface area contributed by atoms with E-state index in [2.05, 4.69) is 15.5 Å². The van der Waals surface area contributed by atoms with E-state index in [9.17, 15) is 13.2 Å². The number of aromatic nitrogens is 2. The van der Waals surface area contributed by atoms with Gasteiger partial charge in [-0.05, 0) is 48.6 Å². The smallest absolute Gasteiger partial charge is 0.267 e. The molecule has 31 heavy (non-hydrogen) atoms. The first-order chi connectivity index (χ1) is 14.7. The third-order valence-electron chi connectivity index (χ3n) is 4.99. The van der Waals surface area contributed by atoms with Gasteiger partial charge in [0.05, 0.1) is 0 Å². The molecule has 1 saturated heterocycles. The minimum atomic E-state index is -3.66. The molecule has 8 nitrogen and oxygen atoms in total. The first-order valence-corrected chi connectivity index (χ1v) is 12.3. The van der Waals surface area contributed by atoms with Gasteiger partial charge in [-0.1, -0.05) is 25.9 Å². The Hall–Kier alpha value is -2.56. The summed E-state index contributed by atoms with van der Waals surface area (Å²) < 4.78 is 32.5. The van der Waals surface area contributed by atoms with Crippen LogP contribution in [0.1, 0.15) is 49.2 Å². The topological polar surface area (TPSA) is 105 Å². The zero-order chi connectivity index (χ0) is 22.2. The Morgan fingerprint density at radius 3 is 2.42 bits per heavy atom. The number of carbonyl (C=O) groups excluding carboxylic acids is 1. The van der Waals surface area contributed by atoms with Crippen molar-refractivity contribution >= 4 is 33.0 Å². The van der Waals surface area contributed by atoms with Gasteiger partial charge in [0.1, 0.15) is 9.77 Å². The van der Waals surface area contributed by atoms with E-state index >= 15 is 0 Å². The zero-order valence-corrected chi connectivity index (χ0v) is 19.2. The number of nitrogens with zero attached hydrogens (tertiary/aromatic N) is 3. The highest BCUT2D eigenvalue weighted by molar-refractivity contribution is 7.89. The molecule has 4 rings (SSSR count). The van der Waals surface area contributed by atoms with Crippen LogP contribution in [-0.4, -0.2) is 41.9 Å². The largest absolute Gasteiger partial charge is 0.338 e. The quantitative estimate of drug-likeness (QED) is 0.614. The highest BCUT2D eigenvalue weighted by Crippen LogP contribution is 2.29. The number of nitrogens with one attached hydrogen (secondary N) is 1. The molecular weight excluding hydrogens is 436 g/mol. The molecule has 1 N–H and O–H groups in total. The van der Waals surface area contributed by atoms with E-state index in [1.807, 2.05) is 20.8 Å². The summed E-state index contributed by atoms with van der Waals surface area (Å²) in [5.74, 6) is 0.569. The molecule has 2 aromatic heterocycles. The Balaban J connectivity index is 1.50. The van der Waals surface area contributed by atoms with Crippen molar-refractivity contribution in [3.63, 3.8) is 0 Å². The first-order valence-electron chi connectivity index (χ1n) is 10.00. The molecule has 0 atom stereocenters. The van der Waals surface area contributed by atoms with E-state index < -0.39 is 15.9 Å². The summed E-state index contributed by atoms with van der Waals surface area (Å²) in [6.45, 7) is 6.96. The van der Waals surface area contributed by atoms with Gasteiger partial charge in [0.15, 0.2) is 0 Å². The Bertz CT molecular complexity index is 1180. The summed E-state index contributed by atoms with van der Waals surface area (Å²) in [5, 5.41) is 8.43. The molecular formula is C21H24N4O4S2. The molecule has 3 aromatic rings. The molecule has 1 aliphatic rings. The highest BCUT2D eigenvalue weighted by atomic mass is 32.2. The number of anilines is 1. The summed E-state index contributed by atoms with van der Waals surface area (Å²) >= 11 is 1.12. The predicted octanol–water partition coefficient (Wildman–Crippen LogP) is 4.13. The number of benzene rings is 1. The Morgan fingerprint density at radius 1 is 1.13 bits per heavy atom. The second-order valence-electron chi connectivity index (χ2n) is 8.43. The van der Waals surface area contributed by atoms with Gasteiger partial charge in [-0.15, -0.1) is 11.3 Å². The Morgan fingerprint density at radius 2 is 1.81 bits per heavy atom. The second kappa shape index (κ2) is 8.18. The van der Waals surface area contributed by atoms with Crippen molar-refractivity contribution in [3.8, 4) is 11.4 Å². The molecule has 3 heterocycles. The maximum absolute atomic E-state index is 12.9. The van der Waals surface area contributed by atoms with E-state index in [1.54, 1.807) is 29.6 Å². The van der Waals surface area contributed by atoms with Crippen LogP contribution in [0, 0.1) is 0 Å². The first kappa shape index (κ1) is 21.7. The lowest BCUT2D eigenvalue weighted by Crippen LogP contribution is -2.29. The van der Waals surface area contributed by atoms with Crippen molar-refractivity contribution in [2.75, 3.05) is 18.4 Å². The van der Waals surface area contributed by atoms with E-state index in [0.717, 1.165) is 29.7 Å². The van der Waals surface area contributed by atoms with Crippen molar-refractivity contribution in [1.29, 1.82) is 0 Å². The minimum Gasteiger partial charge on any atom is -0.338 e. The highest BCUT2D eigenvalue weighted by Gasteiger charge is 2.32. The van der Waals surface area contributed by atoms with Crippen molar-refractivity contribution in [2.24, 2.45) is 0 Å². The third kappa shape index (κ3) is 4.41. The fraction of sp³-hybridized carbons (Fsp3) is 0.381. The third-order valence-corrected chi connectivity index (χ3v) is 7.97. The van der Waals surface area contributed by atoms with E-state index in [-0.39, 0.29) is 15.2 Å². The fourth-order valence-electron chi connectivity index (χ4n) is 3.27. The molecule has 1 aromatic carbocycles. The van der Waals surface area contributed by atoms with Crippen molar-refractivity contribution in [2.45, 2.75) is 43.9 Å². The van der Waals surface area contributed by atoms with Gasteiger partial charge in [0.25, 0.3) is 5.91 Å². The van der Waals surface area contributed by atoms with E-state index in [1.165, 1.54) is 10.4 Å². The molecule has 0 spiro atoms. The van der Waals surface area contributed by atoms with Crippen LogP contribution in [0.2, 0.25) is 0 Å². The van der Waals surface area contributed by atoms with Gasteiger partial charge in [0.2, 0.25) is 21.7 Å². The number of hydrogen-bond donors (Lipinski definition) is 1. The zero-order valence-electron chi connectivity index (χ0n) is 17.6. The van der Waals surface area contributed by atoms with Crippen LogP contribution in [-0.2, 0) is 15.4 Å². The number of carbonyl (C=O) groups is 1. The summed E-state index contributed by atoms with van der Waals surface area (Å²) in [5.41, 5.74) is 1.06. The molecule has 0 unspecified atom stereocenters. The second-order valence-corrected chi connectivity index (χ2v) is 11.3. The van der Waals surface area contributed by atoms with Crippen LogP contribution in [0.3, 0.4) is 0 Å². The fourth-order valence-corrected chi connectivity index (χ4v) is 6.08. The average molecular weight is 461 g/mol. The predicted molar refractivity (Wildman–Crippen MR) is 119 cm³/mol. The van der Waals surface area contributed by atoms with Crippen LogP contribution in [0.25, 0.3) is 11.4 Å². The van der Waals surface area contributed by atoms with Crippen LogP contribution in [0.4, 0.5) is 5.69 Å². The number of sulfonamides is 1. The molecule has 0 saturated carbocycles. The summed E-state index contributed by atoms with van der Waals surface area (Å²) in [4.78, 5) is 17.5. The number of rotatable bonds is 5. The maximum Gasteiger partial charge on any atom is 0.267 e. The molecule has 0 aliphatic carbocycles. The van der Waals surface area contributed by atoms with Crippen molar-refractivity contribution in [3.05, 3.63) is 46.5 Å². The van der Waals surface area contributed by atoms with Crippen LogP contribution < -0.4 is 5.32 Å². The van der Waals surface area contributed by atoms with Gasteiger partial charge in [-0.3, -0.25) is 4.79 Å². The molecule has 164 valence electrons. The molecule has 0 bridgehead atoms. The SMILES string of the molecule is CC(C)(C)c1nc(-c2ccc(NC(=O)c3sccc3S(=O)(=O)N3CCCC3)cc2)no1. The maximum atomic E-state index is 12.9. The minimum absolute atomic E-state index is 0.0648. The van der Waals surface area contributed by atoms with Crippen LogP contribution in [0.15, 0.2) is 45.1 Å². The van der Waals surface area contributed by atoms with E-state index in [0.29, 0.717) is 30.5 Å². The lowest BCUT2D eigenvalue weighted by atomic mass is 9.97. The standard InChI is InChI=1S/C21H24N4O4S2/c1-21(2,3)20-23-18(24-29-20)14-6-8-15(9-7-14)22-19(26)17-16(10-13-30-17)31(27,28)25-11-4-5-12-25/h6-10,13H,4-5,11-12H2,1-3H3,(H,22,26). The summed E-state index contributed by atoms with van der Waals surface area (Å²) in [7, 11) is -3.66. The van der Waals surface area contributed by atoms with Gasteiger partial charge in [0, 0.05) is 29.8 Å². The summed E-state index contributed by atoms with van der Waals surface area (Å²) in [6.07, 6.45) is 1.68. The number of hydrogen-bond acceptors (Lipinski definition) is 7. The van der Waals surface area contributed by atoms with Gasteiger partial charge < -0.3 is 9.84 Å². The molecule has 1 amide bonds. The monoisotopic (exact) mass is 460 g/mol. The lowest BCUT2D eigenvalue weighted by Gasteiger charge is -2.15. The Labute approximate surface area is 185 Å². The Kier molecular flexibility index (Phi) is 5.71. The van der Waals surface area contributed by atoms with Gasteiger partial charge in [-0.2, -0.15) is 9.29 Å². The molecule has 0 radical (unpaired) electrons. The van der Waals surface area contributed by atoms with Gasteiger partial charge in [-0.25, -0.2) is 8.42 Å². The number of thiophene rings is 1. The summed E-state index contributed by atoms with van der Waals surface area (Å²) in [6, 6.07) is 8.51. The average Bonchev–Trinajstić information content (AvgIpc) is 3.49. The van der Waals surface area contributed by atoms with Gasteiger partial charge >= 0.3 is 0 Å². The van der Waals surface area contributed by atoms with Crippen LogP contribution in [0.5, 0.6) is 0 Å². The van der Waals surface area contributed by atoms with E-state index in [4.69, 9.17) is 4.52 Å². The number of amides is 1. The van der Waals surface area contributed by atoms with Crippen molar-refractivity contribution in [1.82, 2.24) is 14.4 Å². The lowest BCUT2D eigenvalue weighted by molar-refractivity contribution is 0.102.